The van der Waals surface area contributed by atoms with Crippen molar-refractivity contribution in [3.8, 4) is 0 Å². The quantitative estimate of drug-likeness (QED) is 0.769. The first-order valence-corrected chi connectivity index (χ1v) is 7.54. The van der Waals surface area contributed by atoms with E-state index in [2.05, 4.69) is 11.8 Å². The number of benzene rings is 1. The Morgan fingerprint density at radius 1 is 1.15 bits per heavy atom. The fourth-order valence-corrected chi connectivity index (χ4v) is 2.41. The Labute approximate surface area is 121 Å². The second-order valence-corrected chi connectivity index (χ2v) is 5.26. The number of piperazine rings is 1. The first-order valence-electron chi connectivity index (χ1n) is 7.54. The lowest BCUT2D eigenvalue weighted by atomic mass is 10.2. The van der Waals surface area contributed by atoms with Crippen molar-refractivity contribution in [3.63, 3.8) is 0 Å². The van der Waals surface area contributed by atoms with Gasteiger partial charge in [-0.1, -0.05) is 43.7 Å². The van der Waals surface area contributed by atoms with Crippen molar-refractivity contribution in [1.82, 2.24) is 9.80 Å². The van der Waals surface area contributed by atoms with Crippen molar-refractivity contribution in [2.45, 2.75) is 19.8 Å². The molecular weight excluding hydrogens is 248 g/mol. The molecule has 0 N–H and O–H groups in total. The third kappa shape index (κ3) is 4.49. The van der Waals surface area contributed by atoms with Gasteiger partial charge >= 0.3 is 0 Å². The Morgan fingerprint density at radius 3 is 2.50 bits per heavy atom. The van der Waals surface area contributed by atoms with E-state index in [9.17, 15) is 4.79 Å². The number of carbonyl (C=O) groups excluding carboxylic acids is 1. The normalized spacial score (nSPS) is 16.8. The van der Waals surface area contributed by atoms with E-state index < -0.39 is 0 Å². The number of nitrogens with zero attached hydrogens (tertiary/aromatic N) is 2. The summed E-state index contributed by atoms with van der Waals surface area (Å²) in [6, 6.07) is 9.96. The highest BCUT2D eigenvalue weighted by Gasteiger charge is 2.18. The summed E-state index contributed by atoms with van der Waals surface area (Å²) in [6.07, 6.45) is 6.07. The molecule has 1 aliphatic rings. The summed E-state index contributed by atoms with van der Waals surface area (Å²) in [6.45, 7) is 7.09. The molecular formula is C17H24N2O. The van der Waals surface area contributed by atoms with Crippen LogP contribution in [0, 0.1) is 0 Å². The monoisotopic (exact) mass is 272 g/mol. The molecule has 2 rings (SSSR count). The van der Waals surface area contributed by atoms with Crippen LogP contribution in [0.15, 0.2) is 36.4 Å². The molecule has 20 heavy (non-hydrogen) atoms. The summed E-state index contributed by atoms with van der Waals surface area (Å²) in [4.78, 5) is 16.5. The molecule has 1 aromatic rings. The lowest BCUT2D eigenvalue weighted by Crippen LogP contribution is -2.48. The molecule has 1 amide bonds. The predicted molar refractivity (Wildman–Crippen MR) is 83.4 cm³/mol. The molecule has 1 saturated heterocycles. The molecule has 0 atom stereocenters. The highest BCUT2D eigenvalue weighted by Crippen LogP contribution is 2.06. The maximum Gasteiger partial charge on any atom is 0.246 e. The predicted octanol–water partition coefficient (Wildman–Crippen LogP) is 2.64. The largest absolute Gasteiger partial charge is 0.337 e. The Hall–Kier alpha value is -1.61. The molecule has 3 nitrogen and oxygen atoms in total. The maximum atomic E-state index is 12.1. The summed E-state index contributed by atoms with van der Waals surface area (Å²) in [7, 11) is 0. The fourth-order valence-electron chi connectivity index (χ4n) is 2.41. The minimum Gasteiger partial charge on any atom is -0.337 e. The second-order valence-electron chi connectivity index (χ2n) is 5.26. The summed E-state index contributed by atoms with van der Waals surface area (Å²) in [5, 5.41) is 0. The van der Waals surface area contributed by atoms with Crippen molar-refractivity contribution >= 4 is 12.0 Å². The third-order valence-corrected chi connectivity index (χ3v) is 3.73. The SMILES string of the molecule is CCCCN1CCN(C(=O)/C=C/c2ccccc2)CC1. The molecule has 0 spiro atoms. The minimum absolute atomic E-state index is 0.129. The Kier molecular flexibility index (Phi) is 5.81. The average molecular weight is 272 g/mol. The minimum atomic E-state index is 0.129. The van der Waals surface area contributed by atoms with E-state index in [1.807, 2.05) is 41.3 Å². The lowest BCUT2D eigenvalue weighted by molar-refractivity contribution is -0.127. The lowest BCUT2D eigenvalue weighted by Gasteiger charge is -2.34. The van der Waals surface area contributed by atoms with Crippen LogP contribution in [0.25, 0.3) is 6.08 Å². The van der Waals surface area contributed by atoms with Gasteiger partial charge in [0.1, 0.15) is 0 Å². The smallest absolute Gasteiger partial charge is 0.246 e. The van der Waals surface area contributed by atoms with Crippen LogP contribution in [0.2, 0.25) is 0 Å². The van der Waals surface area contributed by atoms with Crippen molar-refractivity contribution < 1.29 is 4.79 Å². The number of carbonyl (C=O) groups is 1. The standard InChI is InChI=1S/C17H24N2O/c1-2-3-11-18-12-14-19(15-13-18)17(20)10-9-16-7-5-4-6-8-16/h4-10H,2-3,11-15H2,1H3/b10-9+. The third-order valence-electron chi connectivity index (χ3n) is 3.73. The van der Waals surface area contributed by atoms with Crippen molar-refractivity contribution in [2.24, 2.45) is 0 Å². The summed E-state index contributed by atoms with van der Waals surface area (Å²) in [5.41, 5.74) is 1.07. The molecule has 1 aromatic carbocycles. The van der Waals surface area contributed by atoms with Crippen LogP contribution in [0.4, 0.5) is 0 Å². The molecule has 0 unspecified atom stereocenters. The number of rotatable bonds is 5. The first kappa shape index (κ1) is 14.8. The van der Waals surface area contributed by atoms with Gasteiger partial charge in [-0.25, -0.2) is 0 Å². The fraction of sp³-hybridized carbons (Fsp3) is 0.471. The van der Waals surface area contributed by atoms with Crippen LogP contribution in [-0.2, 0) is 4.79 Å². The van der Waals surface area contributed by atoms with Crippen LogP contribution >= 0.6 is 0 Å². The van der Waals surface area contributed by atoms with Crippen LogP contribution in [0.1, 0.15) is 25.3 Å². The molecule has 1 heterocycles. The van der Waals surface area contributed by atoms with Gasteiger partial charge in [-0.05, 0) is 24.6 Å². The van der Waals surface area contributed by atoms with E-state index in [-0.39, 0.29) is 5.91 Å². The molecule has 1 fully saturated rings. The molecule has 3 heteroatoms. The molecule has 0 radical (unpaired) electrons. The van der Waals surface area contributed by atoms with E-state index in [4.69, 9.17) is 0 Å². The van der Waals surface area contributed by atoms with Crippen LogP contribution in [0.3, 0.4) is 0 Å². The van der Waals surface area contributed by atoms with Crippen molar-refractivity contribution in [3.05, 3.63) is 42.0 Å². The topological polar surface area (TPSA) is 23.6 Å². The van der Waals surface area contributed by atoms with E-state index >= 15 is 0 Å². The molecule has 0 bridgehead atoms. The van der Waals surface area contributed by atoms with Crippen LogP contribution < -0.4 is 0 Å². The van der Waals surface area contributed by atoms with Crippen molar-refractivity contribution in [2.75, 3.05) is 32.7 Å². The molecule has 0 aromatic heterocycles. The van der Waals surface area contributed by atoms with Gasteiger partial charge in [-0.15, -0.1) is 0 Å². The Balaban J connectivity index is 1.79. The average Bonchev–Trinajstić information content (AvgIpc) is 2.52. The number of unbranched alkanes of at least 4 members (excludes halogenated alkanes) is 1. The van der Waals surface area contributed by atoms with Gasteiger partial charge in [-0.2, -0.15) is 0 Å². The maximum absolute atomic E-state index is 12.1. The number of hydrogen-bond acceptors (Lipinski definition) is 2. The van der Waals surface area contributed by atoms with Gasteiger partial charge in [0.05, 0.1) is 0 Å². The summed E-state index contributed by atoms with van der Waals surface area (Å²) < 4.78 is 0. The van der Waals surface area contributed by atoms with E-state index in [1.54, 1.807) is 6.08 Å². The van der Waals surface area contributed by atoms with Crippen LogP contribution in [-0.4, -0.2) is 48.4 Å². The second kappa shape index (κ2) is 7.85. The van der Waals surface area contributed by atoms with E-state index in [0.29, 0.717) is 0 Å². The first-order chi connectivity index (χ1) is 9.79. The molecule has 0 aliphatic carbocycles. The van der Waals surface area contributed by atoms with Gasteiger partial charge in [0, 0.05) is 32.3 Å². The number of amides is 1. The molecule has 0 saturated carbocycles. The Morgan fingerprint density at radius 2 is 1.85 bits per heavy atom. The zero-order valence-corrected chi connectivity index (χ0v) is 12.3. The highest BCUT2D eigenvalue weighted by molar-refractivity contribution is 5.91. The zero-order valence-electron chi connectivity index (χ0n) is 12.3. The van der Waals surface area contributed by atoms with E-state index in [0.717, 1.165) is 31.7 Å². The van der Waals surface area contributed by atoms with Crippen molar-refractivity contribution in [1.29, 1.82) is 0 Å². The van der Waals surface area contributed by atoms with Gasteiger partial charge in [0.2, 0.25) is 5.91 Å². The van der Waals surface area contributed by atoms with Gasteiger partial charge in [-0.3, -0.25) is 9.69 Å². The molecule has 108 valence electrons. The van der Waals surface area contributed by atoms with Crippen LogP contribution in [0.5, 0.6) is 0 Å². The summed E-state index contributed by atoms with van der Waals surface area (Å²) in [5.74, 6) is 0.129. The molecule has 1 aliphatic heterocycles. The van der Waals surface area contributed by atoms with Gasteiger partial charge < -0.3 is 4.90 Å². The summed E-state index contributed by atoms with van der Waals surface area (Å²) >= 11 is 0. The zero-order chi connectivity index (χ0) is 14.2. The van der Waals surface area contributed by atoms with Gasteiger partial charge in [0.25, 0.3) is 0 Å². The van der Waals surface area contributed by atoms with E-state index in [1.165, 1.54) is 19.4 Å². The van der Waals surface area contributed by atoms with Gasteiger partial charge in [0.15, 0.2) is 0 Å². The number of hydrogen-bond donors (Lipinski definition) is 0. The highest BCUT2D eigenvalue weighted by atomic mass is 16.2. The Bertz CT molecular complexity index is 434.